The maximum Gasteiger partial charge on any atom is 0.347 e. The summed E-state index contributed by atoms with van der Waals surface area (Å²) in [5.41, 5.74) is 1.58. The van der Waals surface area contributed by atoms with Gasteiger partial charge in [0.05, 0.1) is 13.2 Å². The van der Waals surface area contributed by atoms with Gasteiger partial charge in [0.15, 0.2) is 5.57 Å². The molecule has 0 aliphatic heterocycles. The molecule has 0 aliphatic carbocycles. The molecule has 0 amide bonds. The van der Waals surface area contributed by atoms with Crippen LogP contribution in [0.25, 0.3) is 0 Å². The Morgan fingerprint density at radius 2 is 1.48 bits per heavy atom. The SMILES string of the molecule is CCOC(=O)C(=CNc1ccc(OCc2ccccc2)cc1)C(=O)OCC. The molecule has 1 N–H and O–H groups in total. The summed E-state index contributed by atoms with van der Waals surface area (Å²) in [7, 11) is 0. The van der Waals surface area contributed by atoms with E-state index < -0.39 is 11.9 Å². The summed E-state index contributed by atoms with van der Waals surface area (Å²) in [6.07, 6.45) is 1.29. The average Bonchev–Trinajstić information content (AvgIpc) is 2.69. The number of hydrogen-bond acceptors (Lipinski definition) is 6. The van der Waals surface area contributed by atoms with Gasteiger partial charge < -0.3 is 19.5 Å². The second-order valence-corrected chi connectivity index (χ2v) is 5.44. The second kappa shape index (κ2) is 10.7. The summed E-state index contributed by atoms with van der Waals surface area (Å²) >= 11 is 0. The van der Waals surface area contributed by atoms with Gasteiger partial charge in [-0.3, -0.25) is 0 Å². The number of anilines is 1. The lowest BCUT2D eigenvalue weighted by atomic mass is 10.2. The van der Waals surface area contributed by atoms with Crippen LogP contribution in [0.1, 0.15) is 19.4 Å². The molecule has 2 aromatic carbocycles. The van der Waals surface area contributed by atoms with Crippen LogP contribution in [0.2, 0.25) is 0 Å². The maximum atomic E-state index is 11.9. The molecule has 0 bridgehead atoms. The van der Waals surface area contributed by atoms with Crippen LogP contribution in [0, 0.1) is 0 Å². The lowest BCUT2D eigenvalue weighted by molar-refractivity contribution is -0.146. The smallest absolute Gasteiger partial charge is 0.347 e. The number of carbonyl (C=O) groups excluding carboxylic acids is 2. The molecule has 2 rings (SSSR count). The number of esters is 2. The van der Waals surface area contributed by atoms with E-state index in [1.807, 2.05) is 30.3 Å². The van der Waals surface area contributed by atoms with Gasteiger partial charge in [-0.25, -0.2) is 9.59 Å². The average molecular weight is 369 g/mol. The quantitative estimate of drug-likeness (QED) is 0.315. The molecule has 0 radical (unpaired) electrons. The van der Waals surface area contributed by atoms with Gasteiger partial charge >= 0.3 is 11.9 Å². The van der Waals surface area contributed by atoms with Crippen LogP contribution in [-0.2, 0) is 25.7 Å². The molecule has 0 aliphatic rings. The highest BCUT2D eigenvalue weighted by Gasteiger charge is 2.20. The van der Waals surface area contributed by atoms with E-state index in [9.17, 15) is 9.59 Å². The standard InChI is InChI=1S/C21H23NO5/c1-3-25-20(23)19(21(24)26-4-2)14-22-17-10-12-18(13-11-17)27-15-16-8-6-5-7-9-16/h5-14,22H,3-4,15H2,1-2H3. The molecule has 0 spiro atoms. The molecule has 2 aromatic rings. The Balaban J connectivity index is 1.99. The highest BCUT2D eigenvalue weighted by atomic mass is 16.6. The molecule has 0 saturated carbocycles. The van der Waals surface area contributed by atoms with Crippen molar-refractivity contribution in [1.82, 2.24) is 0 Å². The van der Waals surface area contributed by atoms with Crippen LogP contribution in [0.15, 0.2) is 66.4 Å². The molecule has 0 unspecified atom stereocenters. The monoisotopic (exact) mass is 369 g/mol. The first-order valence-electron chi connectivity index (χ1n) is 8.71. The van der Waals surface area contributed by atoms with Crippen LogP contribution in [0.4, 0.5) is 5.69 Å². The summed E-state index contributed by atoms with van der Waals surface area (Å²) in [5.74, 6) is -0.748. The van der Waals surface area contributed by atoms with Gasteiger partial charge in [0.2, 0.25) is 0 Å². The van der Waals surface area contributed by atoms with Gasteiger partial charge in [0, 0.05) is 11.9 Å². The Morgan fingerprint density at radius 3 is 2.04 bits per heavy atom. The molecule has 27 heavy (non-hydrogen) atoms. The molecular weight excluding hydrogens is 346 g/mol. The number of benzene rings is 2. The Labute approximate surface area is 158 Å². The summed E-state index contributed by atoms with van der Waals surface area (Å²) in [5, 5.41) is 2.91. The van der Waals surface area contributed by atoms with Crippen molar-refractivity contribution in [3.8, 4) is 5.75 Å². The van der Waals surface area contributed by atoms with Gasteiger partial charge in [-0.1, -0.05) is 30.3 Å². The third-order valence-electron chi connectivity index (χ3n) is 3.48. The first kappa shape index (κ1) is 20.0. The lowest BCUT2D eigenvalue weighted by Gasteiger charge is -2.09. The number of carbonyl (C=O) groups is 2. The molecule has 0 fully saturated rings. The van der Waals surface area contributed by atoms with E-state index in [1.54, 1.807) is 38.1 Å². The summed E-state index contributed by atoms with van der Waals surface area (Å²) in [6, 6.07) is 17.0. The fraction of sp³-hybridized carbons (Fsp3) is 0.238. The summed E-state index contributed by atoms with van der Waals surface area (Å²) in [4.78, 5) is 23.8. The molecule has 6 heteroatoms. The van der Waals surface area contributed by atoms with Crippen molar-refractivity contribution in [3.63, 3.8) is 0 Å². The molecule has 142 valence electrons. The van der Waals surface area contributed by atoms with Crippen LogP contribution >= 0.6 is 0 Å². The van der Waals surface area contributed by atoms with Gasteiger partial charge in [-0.2, -0.15) is 0 Å². The largest absolute Gasteiger partial charge is 0.489 e. The van der Waals surface area contributed by atoms with E-state index in [1.165, 1.54) is 6.20 Å². The topological polar surface area (TPSA) is 73.9 Å². The Morgan fingerprint density at radius 1 is 0.889 bits per heavy atom. The van der Waals surface area contributed by atoms with Crippen molar-refractivity contribution in [1.29, 1.82) is 0 Å². The van der Waals surface area contributed by atoms with Crippen LogP contribution in [0.3, 0.4) is 0 Å². The van der Waals surface area contributed by atoms with Crippen molar-refractivity contribution in [3.05, 3.63) is 71.9 Å². The third-order valence-corrected chi connectivity index (χ3v) is 3.48. The Hall–Kier alpha value is -3.28. The zero-order valence-electron chi connectivity index (χ0n) is 15.4. The van der Waals surface area contributed by atoms with Crippen molar-refractivity contribution < 1.29 is 23.8 Å². The van der Waals surface area contributed by atoms with Crippen molar-refractivity contribution in [2.75, 3.05) is 18.5 Å². The Kier molecular flexibility index (Phi) is 7.91. The normalized spacial score (nSPS) is 9.85. The fourth-order valence-electron chi connectivity index (χ4n) is 2.16. The molecule has 0 saturated heterocycles. The predicted molar refractivity (Wildman–Crippen MR) is 102 cm³/mol. The van der Waals surface area contributed by atoms with Crippen LogP contribution in [0.5, 0.6) is 5.75 Å². The van der Waals surface area contributed by atoms with E-state index in [2.05, 4.69) is 5.32 Å². The van der Waals surface area contributed by atoms with Crippen molar-refractivity contribution in [2.24, 2.45) is 0 Å². The molecule has 0 aromatic heterocycles. The second-order valence-electron chi connectivity index (χ2n) is 5.44. The molecule has 6 nitrogen and oxygen atoms in total. The van der Waals surface area contributed by atoms with Gasteiger partial charge in [-0.15, -0.1) is 0 Å². The number of ether oxygens (including phenoxy) is 3. The lowest BCUT2D eigenvalue weighted by Crippen LogP contribution is -2.19. The minimum atomic E-state index is -0.730. The van der Waals surface area contributed by atoms with E-state index in [0.29, 0.717) is 18.0 Å². The van der Waals surface area contributed by atoms with Crippen LogP contribution in [-0.4, -0.2) is 25.2 Å². The number of nitrogens with one attached hydrogen (secondary N) is 1. The first-order valence-corrected chi connectivity index (χ1v) is 8.71. The van der Waals surface area contributed by atoms with Crippen LogP contribution < -0.4 is 10.1 Å². The molecule has 0 atom stereocenters. The van der Waals surface area contributed by atoms with Gasteiger partial charge in [0.1, 0.15) is 12.4 Å². The van der Waals surface area contributed by atoms with E-state index in [4.69, 9.17) is 14.2 Å². The Bertz CT molecular complexity index is 749. The maximum absolute atomic E-state index is 11.9. The van der Waals surface area contributed by atoms with Gasteiger partial charge in [0.25, 0.3) is 0 Å². The summed E-state index contributed by atoms with van der Waals surface area (Å²) in [6.45, 7) is 4.15. The fourth-order valence-corrected chi connectivity index (χ4v) is 2.16. The summed E-state index contributed by atoms with van der Waals surface area (Å²) < 4.78 is 15.5. The van der Waals surface area contributed by atoms with E-state index in [0.717, 1.165) is 5.56 Å². The number of hydrogen-bond donors (Lipinski definition) is 1. The third kappa shape index (κ3) is 6.51. The predicted octanol–water partition coefficient (Wildman–Crippen LogP) is 3.69. The minimum Gasteiger partial charge on any atom is -0.489 e. The highest BCUT2D eigenvalue weighted by molar-refractivity contribution is 6.14. The molecule has 0 heterocycles. The van der Waals surface area contributed by atoms with Crippen molar-refractivity contribution >= 4 is 17.6 Å². The number of rotatable bonds is 9. The highest BCUT2D eigenvalue weighted by Crippen LogP contribution is 2.17. The first-order chi connectivity index (χ1) is 13.1. The zero-order chi connectivity index (χ0) is 19.5. The molecular formula is C21H23NO5. The minimum absolute atomic E-state index is 0.170. The van der Waals surface area contributed by atoms with Gasteiger partial charge in [-0.05, 0) is 43.7 Å². The zero-order valence-corrected chi connectivity index (χ0v) is 15.4. The van der Waals surface area contributed by atoms with E-state index >= 15 is 0 Å². The van der Waals surface area contributed by atoms with Crippen molar-refractivity contribution in [2.45, 2.75) is 20.5 Å². The van der Waals surface area contributed by atoms with E-state index in [-0.39, 0.29) is 18.8 Å².